The van der Waals surface area contributed by atoms with Gasteiger partial charge in [-0.15, -0.1) is 22.7 Å². The van der Waals surface area contributed by atoms with E-state index in [2.05, 4.69) is 15.6 Å². The van der Waals surface area contributed by atoms with Crippen molar-refractivity contribution in [2.45, 2.75) is 27.7 Å². The lowest BCUT2D eigenvalue weighted by atomic mass is 10.1. The monoisotopic (exact) mass is 453 g/mol. The third kappa shape index (κ3) is 4.55. The molecule has 0 radical (unpaired) electrons. The quantitative estimate of drug-likeness (QED) is 0.436. The molecule has 4 aromatic rings. The van der Waals surface area contributed by atoms with Gasteiger partial charge in [0.1, 0.15) is 5.75 Å². The van der Waals surface area contributed by atoms with Crippen molar-refractivity contribution < 1.29 is 14.3 Å². The lowest BCUT2D eigenvalue weighted by molar-refractivity contribution is -0.125. The number of thiophene rings is 1. The predicted molar refractivity (Wildman–Crippen MR) is 128 cm³/mol. The number of hydrogen-bond acceptors (Lipinski definition) is 6. The van der Waals surface area contributed by atoms with Crippen LogP contribution in [0.1, 0.15) is 21.7 Å². The van der Waals surface area contributed by atoms with Gasteiger partial charge in [-0.05, 0) is 50.3 Å². The van der Waals surface area contributed by atoms with Crippen LogP contribution >= 0.6 is 22.7 Å². The first-order valence-corrected chi connectivity index (χ1v) is 11.6. The topological polar surface area (TPSA) is 80.3 Å². The van der Waals surface area contributed by atoms with Crippen molar-refractivity contribution in [2.24, 2.45) is 0 Å². The normalized spacial score (nSPS) is 11.1. The number of anilines is 1. The van der Waals surface area contributed by atoms with Gasteiger partial charge in [0.2, 0.25) is 5.91 Å². The van der Waals surface area contributed by atoms with Gasteiger partial charge in [-0.2, -0.15) is 0 Å². The summed E-state index contributed by atoms with van der Waals surface area (Å²) in [6.45, 7) is 7.62. The average Bonchev–Trinajstić information content (AvgIpc) is 3.33. The van der Waals surface area contributed by atoms with Gasteiger partial charge in [0.05, 0.1) is 26.5 Å². The van der Waals surface area contributed by atoms with Crippen LogP contribution in [0.2, 0.25) is 0 Å². The Bertz CT molecular complexity index is 1280. The van der Waals surface area contributed by atoms with E-state index in [9.17, 15) is 9.59 Å². The second kappa shape index (κ2) is 8.64. The van der Waals surface area contributed by atoms with Crippen LogP contribution in [0, 0.1) is 27.7 Å². The van der Waals surface area contributed by atoms with Crippen molar-refractivity contribution in [3.8, 4) is 5.75 Å². The van der Waals surface area contributed by atoms with Crippen LogP contribution in [0.3, 0.4) is 0 Å². The van der Waals surface area contributed by atoms with E-state index in [0.717, 1.165) is 47.7 Å². The molecule has 2 N–H and O–H groups in total. The minimum Gasteiger partial charge on any atom is -0.483 e. The molecule has 2 aromatic carbocycles. The fourth-order valence-electron chi connectivity index (χ4n) is 3.64. The third-order valence-electron chi connectivity index (χ3n) is 4.91. The van der Waals surface area contributed by atoms with Gasteiger partial charge >= 0.3 is 0 Å². The predicted octanol–water partition coefficient (Wildman–Crippen LogP) is 4.88. The number of carbonyl (C=O) groups is 2. The Morgan fingerprint density at radius 1 is 1.06 bits per heavy atom. The zero-order valence-electron chi connectivity index (χ0n) is 17.8. The Kier molecular flexibility index (Phi) is 5.93. The van der Waals surface area contributed by atoms with Gasteiger partial charge in [0, 0.05) is 17.1 Å². The molecule has 0 aliphatic rings. The number of hydrogen-bond donors (Lipinski definition) is 2. The summed E-state index contributed by atoms with van der Waals surface area (Å²) in [5.74, 6) is 0.0274. The van der Waals surface area contributed by atoms with Crippen molar-refractivity contribution in [1.82, 2.24) is 10.3 Å². The molecule has 4 rings (SSSR count). The maximum atomic E-state index is 12.3. The summed E-state index contributed by atoms with van der Waals surface area (Å²) < 4.78 is 7.89. The van der Waals surface area contributed by atoms with Crippen LogP contribution in [0.4, 0.5) is 5.69 Å². The van der Waals surface area contributed by atoms with Gasteiger partial charge in [-0.1, -0.05) is 17.7 Å². The molecule has 0 bridgehead atoms. The van der Waals surface area contributed by atoms with Crippen molar-refractivity contribution in [2.75, 3.05) is 18.5 Å². The van der Waals surface area contributed by atoms with Gasteiger partial charge in [0.15, 0.2) is 6.61 Å². The Balaban J connectivity index is 1.36. The number of carbonyl (C=O) groups excluding carboxylic acids is 2. The van der Waals surface area contributed by atoms with Crippen LogP contribution in [0.15, 0.2) is 29.6 Å². The number of amides is 2. The molecular weight excluding hydrogens is 430 g/mol. The van der Waals surface area contributed by atoms with E-state index in [1.54, 1.807) is 22.7 Å². The van der Waals surface area contributed by atoms with Crippen molar-refractivity contribution in [3.63, 3.8) is 0 Å². The van der Waals surface area contributed by atoms with E-state index in [-0.39, 0.29) is 25.0 Å². The molecule has 6 nitrogen and oxygen atoms in total. The molecule has 31 heavy (non-hydrogen) atoms. The fraction of sp³-hybridized carbons (Fsp3) is 0.261. The Morgan fingerprint density at radius 3 is 2.55 bits per heavy atom. The zero-order chi connectivity index (χ0) is 22.1. The van der Waals surface area contributed by atoms with Gasteiger partial charge in [-0.25, -0.2) is 4.98 Å². The number of ether oxygens (including phenoxy) is 1. The second-order valence-electron chi connectivity index (χ2n) is 7.51. The SMILES string of the molecule is Cc1cc(C)c(NC(=O)CNC(=O)COc2cc3sc(C)nc3c3sccc23)c(C)c1. The Labute approximate surface area is 188 Å². The zero-order valence-corrected chi connectivity index (χ0v) is 19.4. The summed E-state index contributed by atoms with van der Waals surface area (Å²) in [7, 11) is 0. The molecular formula is C23H23N3O3S2. The molecule has 0 spiro atoms. The molecule has 0 saturated heterocycles. The Hall–Kier alpha value is -2.97. The summed E-state index contributed by atoms with van der Waals surface area (Å²) in [6.07, 6.45) is 0. The van der Waals surface area contributed by atoms with E-state index in [0.29, 0.717) is 5.75 Å². The maximum Gasteiger partial charge on any atom is 0.258 e. The number of thiazole rings is 1. The lowest BCUT2D eigenvalue weighted by Gasteiger charge is -2.13. The number of aryl methyl sites for hydroxylation is 4. The van der Waals surface area contributed by atoms with Crippen LogP contribution in [0.25, 0.3) is 20.3 Å². The molecule has 0 aliphatic carbocycles. The highest BCUT2D eigenvalue weighted by molar-refractivity contribution is 7.21. The number of nitrogens with one attached hydrogen (secondary N) is 2. The first kappa shape index (κ1) is 21.3. The standard InChI is InChI=1S/C23H23N3O3S2/c1-12-7-13(2)21(14(3)8-12)26-19(27)10-24-20(28)11-29-17-9-18-22(25-15(4)31-18)23-16(17)5-6-30-23/h5-9H,10-11H2,1-4H3,(H,24,28)(H,26,27). The summed E-state index contributed by atoms with van der Waals surface area (Å²) in [5, 5.41) is 9.43. The molecule has 0 unspecified atom stereocenters. The van der Waals surface area contributed by atoms with E-state index < -0.39 is 0 Å². The van der Waals surface area contributed by atoms with Gasteiger partial charge < -0.3 is 15.4 Å². The van der Waals surface area contributed by atoms with Crippen molar-refractivity contribution in [1.29, 1.82) is 0 Å². The maximum absolute atomic E-state index is 12.3. The van der Waals surface area contributed by atoms with Crippen LogP contribution in [0.5, 0.6) is 5.75 Å². The molecule has 0 fully saturated rings. The third-order valence-corrected chi connectivity index (χ3v) is 6.75. The minimum atomic E-state index is -0.350. The summed E-state index contributed by atoms with van der Waals surface area (Å²) >= 11 is 3.21. The number of aromatic nitrogens is 1. The highest BCUT2D eigenvalue weighted by Crippen LogP contribution is 2.38. The highest BCUT2D eigenvalue weighted by Gasteiger charge is 2.14. The smallest absolute Gasteiger partial charge is 0.258 e. The van der Waals surface area contributed by atoms with Crippen LogP contribution in [-0.2, 0) is 9.59 Å². The highest BCUT2D eigenvalue weighted by atomic mass is 32.1. The lowest BCUT2D eigenvalue weighted by Crippen LogP contribution is -2.36. The molecule has 0 aliphatic heterocycles. The van der Waals surface area contributed by atoms with E-state index in [4.69, 9.17) is 4.74 Å². The largest absolute Gasteiger partial charge is 0.483 e. The van der Waals surface area contributed by atoms with E-state index in [1.165, 1.54) is 0 Å². The number of benzene rings is 2. The molecule has 2 aromatic heterocycles. The fourth-order valence-corrected chi connectivity index (χ4v) is 5.47. The first-order valence-electron chi connectivity index (χ1n) is 9.86. The summed E-state index contributed by atoms with van der Waals surface area (Å²) in [4.78, 5) is 29.2. The molecule has 2 heterocycles. The van der Waals surface area contributed by atoms with E-state index in [1.807, 2.05) is 57.3 Å². The molecule has 0 saturated carbocycles. The number of fused-ring (bicyclic) bond motifs is 3. The molecule has 2 amide bonds. The van der Waals surface area contributed by atoms with Crippen molar-refractivity contribution >= 4 is 60.5 Å². The molecule has 0 atom stereocenters. The average molecular weight is 454 g/mol. The number of rotatable bonds is 6. The minimum absolute atomic E-state index is 0.115. The Morgan fingerprint density at radius 2 is 1.81 bits per heavy atom. The molecule has 160 valence electrons. The van der Waals surface area contributed by atoms with E-state index >= 15 is 0 Å². The molecule has 8 heteroatoms. The van der Waals surface area contributed by atoms with Crippen LogP contribution in [-0.4, -0.2) is 29.9 Å². The first-order chi connectivity index (χ1) is 14.8. The summed E-state index contributed by atoms with van der Waals surface area (Å²) in [6, 6.07) is 7.93. The summed E-state index contributed by atoms with van der Waals surface area (Å²) in [5.41, 5.74) is 4.89. The van der Waals surface area contributed by atoms with Crippen LogP contribution < -0.4 is 15.4 Å². The van der Waals surface area contributed by atoms with Gasteiger partial charge in [-0.3, -0.25) is 9.59 Å². The van der Waals surface area contributed by atoms with Gasteiger partial charge in [0.25, 0.3) is 5.91 Å². The number of nitrogens with zero attached hydrogens (tertiary/aromatic N) is 1. The second-order valence-corrected chi connectivity index (χ2v) is 9.66. The van der Waals surface area contributed by atoms with Crippen molar-refractivity contribution in [3.05, 3.63) is 51.3 Å².